The monoisotopic (exact) mass is 142 g/mol. The van der Waals surface area contributed by atoms with Gasteiger partial charge in [0.1, 0.15) is 6.67 Å². The Balaban J connectivity index is 3.58. The zero-order chi connectivity index (χ0) is 7.44. The minimum Gasteiger partial charge on any atom is -0.390 e. The number of aliphatic hydroxyl groups excluding tert-OH is 1. The van der Waals surface area contributed by atoms with Crippen molar-refractivity contribution in [1.29, 1.82) is 0 Å². The Morgan fingerprint density at radius 1 is 1.44 bits per heavy atom. The number of rotatable bonds is 3. The first-order valence-corrected chi connectivity index (χ1v) is 2.61. The maximum atomic E-state index is 12.1. The van der Waals surface area contributed by atoms with E-state index in [0.29, 0.717) is 0 Å². The van der Waals surface area contributed by atoms with Gasteiger partial charge in [-0.15, -0.1) is 0 Å². The molecule has 0 aromatic heterocycles. The van der Waals surface area contributed by atoms with Crippen LogP contribution < -0.4 is 0 Å². The average molecular weight is 142 g/mol. The van der Waals surface area contributed by atoms with Crippen LogP contribution in [0.3, 0.4) is 0 Å². The minimum absolute atomic E-state index is 1.08. The molecule has 0 aliphatic rings. The zero-order valence-electron chi connectivity index (χ0n) is 5.02. The quantitative estimate of drug-likeness (QED) is 0.623. The van der Waals surface area contributed by atoms with Crippen LogP contribution in [-0.2, 0) is 0 Å². The van der Waals surface area contributed by atoms with E-state index < -0.39 is 25.1 Å². The van der Waals surface area contributed by atoms with Crippen molar-refractivity contribution in [1.82, 2.24) is 0 Å². The van der Waals surface area contributed by atoms with E-state index in [1.165, 1.54) is 0 Å². The summed E-state index contributed by atoms with van der Waals surface area (Å²) in [4.78, 5) is 0. The van der Waals surface area contributed by atoms with Crippen LogP contribution in [0.5, 0.6) is 0 Å². The highest BCUT2D eigenvalue weighted by Gasteiger charge is 2.24. The molecule has 0 rings (SSSR count). The first-order chi connectivity index (χ1) is 4.09. The summed E-state index contributed by atoms with van der Waals surface area (Å²) < 4.78 is 35.2. The maximum absolute atomic E-state index is 12.1. The van der Waals surface area contributed by atoms with Gasteiger partial charge in [0.05, 0.1) is 6.10 Å². The predicted octanol–water partition coefficient (Wildman–Crippen LogP) is 1.01. The van der Waals surface area contributed by atoms with Gasteiger partial charge in [-0.05, 0) is 6.92 Å². The fourth-order valence-corrected chi connectivity index (χ4v) is 0.387. The SMILES string of the molecule is CC(O)C(F)C(F)CF. The second-order valence-electron chi connectivity index (χ2n) is 1.86. The van der Waals surface area contributed by atoms with Gasteiger partial charge in [-0.3, -0.25) is 0 Å². The Morgan fingerprint density at radius 3 is 2.00 bits per heavy atom. The molecule has 0 aromatic carbocycles. The second-order valence-corrected chi connectivity index (χ2v) is 1.86. The number of alkyl halides is 3. The predicted molar refractivity (Wildman–Crippen MR) is 27.4 cm³/mol. The Bertz CT molecular complexity index is 76.6. The third-order valence-corrected chi connectivity index (χ3v) is 0.954. The topological polar surface area (TPSA) is 20.2 Å². The summed E-state index contributed by atoms with van der Waals surface area (Å²) in [6.07, 6.45) is -5.73. The molecule has 0 spiro atoms. The summed E-state index contributed by atoms with van der Waals surface area (Å²) in [5.74, 6) is 0. The van der Waals surface area contributed by atoms with Crippen molar-refractivity contribution in [3.05, 3.63) is 0 Å². The van der Waals surface area contributed by atoms with Crippen LogP contribution in [0, 0.1) is 0 Å². The van der Waals surface area contributed by atoms with E-state index >= 15 is 0 Å². The molecule has 4 heteroatoms. The summed E-state index contributed by atoms with van der Waals surface area (Å²) in [5, 5.41) is 8.34. The highest BCUT2D eigenvalue weighted by atomic mass is 19.2. The minimum atomic E-state index is -2.19. The van der Waals surface area contributed by atoms with Gasteiger partial charge in [-0.25, -0.2) is 13.2 Å². The Hall–Kier alpha value is -0.250. The molecule has 0 aromatic rings. The van der Waals surface area contributed by atoms with Crippen LogP contribution in [0.1, 0.15) is 6.92 Å². The molecule has 1 N–H and O–H groups in total. The van der Waals surface area contributed by atoms with Crippen molar-refractivity contribution in [3.63, 3.8) is 0 Å². The lowest BCUT2D eigenvalue weighted by Gasteiger charge is -2.11. The molecule has 0 saturated heterocycles. The largest absolute Gasteiger partial charge is 0.390 e. The van der Waals surface area contributed by atoms with Gasteiger partial charge in [-0.2, -0.15) is 0 Å². The van der Waals surface area contributed by atoms with Crippen molar-refractivity contribution >= 4 is 0 Å². The van der Waals surface area contributed by atoms with Gasteiger partial charge >= 0.3 is 0 Å². The smallest absolute Gasteiger partial charge is 0.162 e. The third-order valence-electron chi connectivity index (χ3n) is 0.954. The van der Waals surface area contributed by atoms with Crippen molar-refractivity contribution in [2.45, 2.75) is 25.4 Å². The average Bonchev–Trinajstić information content (AvgIpc) is 1.84. The molecule has 0 amide bonds. The molecule has 0 bridgehead atoms. The van der Waals surface area contributed by atoms with E-state index in [9.17, 15) is 13.2 Å². The Morgan fingerprint density at radius 2 is 1.89 bits per heavy atom. The third kappa shape index (κ3) is 2.70. The standard InChI is InChI=1S/C5H9F3O/c1-3(9)5(8)4(7)2-6/h3-5,9H,2H2,1H3. The molecule has 3 atom stereocenters. The molecule has 0 radical (unpaired) electrons. The van der Waals surface area contributed by atoms with Crippen LogP contribution in [0.25, 0.3) is 0 Å². The van der Waals surface area contributed by atoms with Gasteiger partial charge in [0.15, 0.2) is 12.3 Å². The number of halogens is 3. The van der Waals surface area contributed by atoms with E-state index in [-0.39, 0.29) is 0 Å². The van der Waals surface area contributed by atoms with Crippen molar-refractivity contribution in [2.24, 2.45) is 0 Å². The molecule has 1 nitrogen and oxygen atoms in total. The van der Waals surface area contributed by atoms with E-state index in [1.54, 1.807) is 0 Å². The second kappa shape index (κ2) is 3.71. The van der Waals surface area contributed by atoms with Crippen molar-refractivity contribution in [3.8, 4) is 0 Å². The summed E-state index contributed by atoms with van der Waals surface area (Å²) in [7, 11) is 0. The van der Waals surface area contributed by atoms with Crippen molar-refractivity contribution in [2.75, 3.05) is 6.67 Å². The Kier molecular flexibility index (Phi) is 3.61. The van der Waals surface area contributed by atoms with Gasteiger partial charge in [-0.1, -0.05) is 0 Å². The molecule has 0 saturated carbocycles. The van der Waals surface area contributed by atoms with Gasteiger partial charge in [0.25, 0.3) is 0 Å². The molecule has 56 valence electrons. The molecule has 0 fully saturated rings. The first kappa shape index (κ1) is 8.75. The number of hydrogen-bond donors (Lipinski definition) is 1. The fraction of sp³-hybridized carbons (Fsp3) is 1.00. The lowest BCUT2D eigenvalue weighted by molar-refractivity contribution is 0.0287. The van der Waals surface area contributed by atoms with Crippen molar-refractivity contribution < 1.29 is 18.3 Å². The summed E-state index contributed by atoms with van der Waals surface area (Å²) in [6, 6.07) is 0. The summed E-state index contributed by atoms with van der Waals surface area (Å²) >= 11 is 0. The highest BCUT2D eigenvalue weighted by Crippen LogP contribution is 2.08. The maximum Gasteiger partial charge on any atom is 0.162 e. The van der Waals surface area contributed by atoms with Crippen LogP contribution in [0.15, 0.2) is 0 Å². The molecular weight excluding hydrogens is 133 g/mol. The molecule has 0 heterocycles. The molecule has 9 heavy (non-hydrogen) atoms. The molecule has 0 aliphatic heterocycles. The first-order valence-electron chi connectivity index (χ1n) is 2.61. The molecular formula is C5H9F3O. The summed E-state index contributed by atoms with van der Waals surface area (Å²) in [5.41, 5.74) is 0. The van der Waals surface area contributed by atoms with Crippen LogP contribution in [0.4, 0.5) is 13.2 Å². The molecule has 0 aliphatic carbocycles. The van der Waals surface area contributed by atoms with Crippen LogP contribution in [0.2, 0.25) is 0 Å². The van der Waals surface area contributed by atoms with E-state index in [0.717, 1.165) is 6.92 Å². The van der Waals surface area contributed by atoms with Gasteiger partial charge < -0.3 is 5.11 Å². The van der Waals surface area contributed by atoms with Crippen LogP contribution in [-0.4, -0.2) is 30.2 Å². The zero-order valence-corrected chi connectivity index (χ0v) is 5.02. The number of hydrogen-bond acceptors (Lipinski definition) is 1. The highest BCUT2D eigenvalue weighted by molar-refractivity contribution is 4.71. The summed E-state index contributed by atoms with van der Waals surface area (Å²) in [6.45, 7) is -0.307. The lowest BCUT2D eigenvalue weighted by atomic mass is 10.2. The van der Waals surface area contributed by atoms with Gasteiger partial charge in [0.2, 0.25) is 0 Å². The van der Waals surface area contributed by atoms with Crippen LogP contribution >= 0.6 is 0 Å². The normalized spacial score (nSPS) is 21.0. The number of aliphatic hydroxyl groups is 1. The fourth-order valence-electron chi connectivity index (χ4n) is 0.387. The Labute approximate surface area is 51.5 Å². The van der Waals surface area contributed by atoms with E-state index in [1.807, 2.05) is 0 Å². The van der Waals surface area contributed by atoms with E-state index in [2.05, 4.69) is 0 Å². The van der Waals surface area contributed by atoms with E-state index in [4.69, 9.17) is 5.11 Å². The molecule has 3 unspecified atom stereocenters. The lowest BCUT2D eigenvalue weighted by Crippen LogP contribution is -2.29. The van der Waals surface area contributed by atoms with Gasteiger partial charge in [0, 0.05) is 0 Å².